The Hall–Kier alpha value is -1.33. The Balaban J connectivity index is 0.00000242. The van der Waals surface area contributed by atoms with E-state index in [-0.39, 0.29) is 29.1 Å². The van der Waals surface area contributed by atoms with Crippen LogP contribution in [0.3, 0.4) is 0 Å². The first-order chi connectivity index (χ1) is 10.2. The van der Waals surface area contributed by atoms with Gasteiger partial charge in [0.05, 0.1) is 4.92 Å². The van der Waals surface area contributed by atoms with Crippen LogP contribution in [0.15, 0.2) is 24.3 Å². The molecule has 1 aromatic carbocycles. The zero-order chi connectivity index (χ0) is 15.2. The van der Waals surface area contributed by atoms with Crippen molar-refractivity contribution in [3.8, 4) is 5.75 Å². The molecule has 1 fully saturated rings. The predicted molar refractivity (Wildman–Crippen MR) is 89.9 cm³/mol. The van der Waals surface area contributed by atoms with Gasteiger partial charge in [-0.3, -0.25) is 15.0 Å². The average molecular weight is 329 g/mol. The van der Waals surface area contributed by atoms with Gasteiger partial charge in [-0.25, -0.2) is 0 Å². The van der Waals surface area contributed by atoms with Gasteiger partial charge in [0.25, 0.3) is 5.69 Å². The molecule has 5 nitrogen and oxygen atoms in total. The topological polar surface area (TPSA) is 55.6 Å². The molecule has 2 rings (SSSR count). The van der Waals surface area contributed by atoms with Gasteiger partial charge in [-0.1, -0.05) is 20.3 Å². The Morgan fingerprint density at radius 2 is 1.77 bits per heavy atom. The number of halogens is 1. The van der Waals surface area contributed by atoms with E-state index >= 15 is 0 Å². The third-order valence-electron chi connectivity index (χ3n) is 4.28. The molecule has 0 amide bonds. The van der Waals surface area contributed by atoms with Crippen LogP contribution < -0.4 is 4.74 Å². The number of ether oxygens (including phenoxy) is 1. The summed E-state index contributed by atoms with van der Waals surface area (Å²) in [5, 5.41) is 10.7. The van der Waals surface area contributed by atoms with Crippen molar-refractivity contribution < 1.29 is 9.66 Å². The lowest BCUT2D eigenvalue weighted by molar-refractivity contribution is -0.384. The van der Waals surface area contributed by atoms with Crippen LogP contribution in [0.5, 0.6) is 5.75 Å². The van der Waals surface area contributed by atoms with Gasteiger partial charge in [-0.05, 0) is 44.5 Å². The van der Waals surface area contributed by atoms with E-state index in [4.69, 9.17) is 4.74 Å². The van der Waals surface area contributed by atoms with Gasteiger partial charge in [0.1, 0.15) is 11.9 Å². The fraction of sp³-hybridized carbons (Fsp3) is 0.625. The summed E-state index contributed by atoms with van der Waals surface area (Å²) in [7, 11) is 0. The summed E-state index contributed by atoms with van der Waals surface area (Å²) in [5.74, 6) is 0.727. The van der Waals surface area contributed by atoms with Gasteiger partial charge < -0.3 is 4.74 Å². The highest BCUT2D eigenvalue weighted by Crippen LogP contribution is 2.28. The lowest BCUT2D eigenvalue weighted by atomic mass is 9.91. The molecule has 0 radical (unpaired) electrons. The maximum absolute atomic E-state index is 10.7. The molecular weight excluding hydrogens is 304 g/mol. The second-order valence-electron chi connectivity index (χ2n) is 5.48. The zero-order valence-electron chi connectivity index (χ0n) is 13.2. The number of non-ortho nitro benzene ring substituents is 1. The molecule has 0 spiro atoms. The zero-order valence-corrected chi connectivity index (χ0v) is 14.1. The summed E-state index contributed by atoms with van der Waals surface area (Å²) in [4.78, 5) is 12.7. The standard InChI is InChI=1S/C16H24N2O3.ClH/c1-3-17(4-2)15-7-5-6-8-16(15)21-14-11-9-13(10-12-14)18(19)20;/h9-12,15-16H,3-8H2,1-2H3;1H. The molecule has 1 aliphatic rings. The number of benzene rings is 1. The lowest BCUT2D eigenvalue weighted by Gasteiger charge is -2.39. The van der Waals surface area contributed by atoms with E-state index in [0.29, 0.717) is 6.04 Å². The van der Waals surface area contributed by atoms with E-state index < -0.39 is 0 Å². The summed E-state index contributed by atoms with van der Waals surface area (Å²) < 4.78 is 6.12. The first-order valence-corrected chi connectivity index (χ1v) is 7.80. The highest BCUT2D eigenvalue weighted by atomic mass is 35.5. The summed E-state index contributed by atoms with van der Waals surface area (Å²) in [6, 6.07) is 6.86. The van der Waals surface area contributed by atoms with Gasteiger partial charge in [0.15, 0.2) is 0 Å². The lowest BCUT2D eigenvalue weighted by Crippen LogP contribution is -2.47. The van der Waals surface area contributed by atoms with E-state index in [1.54, 1.807) is 12.1 Å². The van der Waals surface area contributed by atoms with Crippen LogP contribution in [0.1, 0.15) is 39.5 Å². The van der Waals surface area contributed by atoms with Gasteiger partial charge in [0.2, 0.25) is 0 Å². The van der Waals surface area contributed by atoms with Crippen LogP contribution in [0.2, 0.25) is 0 Å². The summed E-state index contributed by atoms with van der Waals surface area (Å²) >= 11 is 0. The number of nitro groups is 1. The van der Waals surface area contributed by atoms with Gasteiger partial charge in [-0.2, -0.15) is 0 Å². The molecule has 0 N–H and O–H groups in total. The smallest absolute Gasteiger partial charge is 0.269 e. The largest absolute Gasteiger partial charge is 0.489 e. The van der Waals surface area contributed by atoms with Gasteiger partial charge in [-0.15, -0.1) is 12.4 Å². The van der Waals surface area contributed by atoms with Crippen molar-refractivity contribution in [1.29, 1.82) is 0 Å². The minimum absolute atomic E-state index is 0. The van der Waals surface area contributed by atoms with E-state index in [1.165, 1.54) is 31.4 Å². The molecule has 0 aliphatic heterocycles. The van der Waals surface area contributed by atoms with E-state index in [2.05, 4.69) is 18.7 Å². The molecule has 0 saturated heterocycles. The molecule has 2 unspecified atom stereocenters. The van der Waals surface area contributed by atoms with Gasteiger partial charge in [0, 0.05) is 18.2 Å². The second-order valence-corrected chi connectivity index (χ2v) is 5.48. The molecule has 0 heterocycles. The van der Waals surface area contributed by atoms with Crippen molar-refractivity contribution in [1.82, 2.24) is 4.90 Å². The molecular formula is C16H25ClN2O3. The minimum Gasteiger partial charge on any atom is -0.489 e. The van der Waals surface area contributed by atoms with Crippen molar-refractivity contribution >= 4 is 18.1 Å². The van der Waals surface area contributed by atoms with E-state index in [0.717, 1.165) is 25.3 Å². The Bertz CT molecular complexity index is 463. The maximum Gasteiger partial charge on any atom is 0.269 e. The number of likely N-dealkylation sites (N-methyl/N-ethyl adjacent to an activating group) is 1. The molecule has 6 heteroatoms. The van der Waals surface area contributed by atoms with Crippen LogP contribution in [0, 0.1) is 10.1 Å². The Morgan fingerprint density at radius 3 is 2.32 bits per heavy atom. The first kappa shape index (κ1) is 18.7. The second kappa shape index (κ2) is 8.96. The summed E-state index contributed by atoms with van der Waals surface area (Å²) in [6.07, 6.45) is 4.84. The molecule has 1 aliphatic carbocycles. The highest BCUT2D eigenvalue weighted by molar-refractivity contribution is 5.85. The molecule has 2 atom stereocenters. The molecule has 0 bridgehead atoms. The van der Waals surface area contributed by atoms with Crippen molar-refractivity contribution in [2.75, 3.05) is 13.1 Å². The number of nitrogens with zero attached hydrogens (tertiary/aromatic N) is 2. The number of nitro benzene ring substituents is 1. The van der Waals surface area contributed by atoms with Crippen molar-refractivity contribution in [2.24, 2.45) is 0 Å². The number of hydrogen-bond acceptors (Lipinski definition) is 4. The van der Waals surface area contributed by atoms with E-state index in [9.17, 15) is 10.1 Å². The van der Waals surface area contributed by atoms with E-state index in [1.807, 2.05) is 0 Å². The fourth-order valence-corrected chi connectivity index (χ4v) is 3.15. The quantitative estimate of drug-likeness (QED) is 0.584. The summed E-state index contributed by atoms with van der Waals surface area (Å²) in [5.41, 5.74) is 0.103. The Kier molecular flexibility index (Phi) is 7.62. The normalized spacial score (nSPS) is 21.2. The third kappa shape index (κ3) is 4.58. The van der Waals surface area contributed by atoms with Crippen LogP contribution in [-0.4, -0.2) is 35.1 Å². The molecule has 1 aromatic rings. The number of rotatable bonds is 6. The monoisotopic (exact) mass is 328 g/mol. The van der Waals surface area contributed by atoms with Crippen molar-refractivity contribution in [2.45, 2.75) is 51.7 Å². The van der Waals surface area contributed by atoms with Crippen LogP contribution in [0.4, 0.5) is 5.69 Å². The third-order valence-corrected chi connectivity index (χ3v) is 4.28. The molecule has 1 saturated carbocycles. The number of hydrogen-bond donors (Lipinski definition) is 0. The summed E-state index contributed by atoms with van der Waals surface area (Å²) in [6.45, 7) is 6.42. The molecule has 22 heavy (non-hydrogen) atoms. The fourth-order valence-electron chi connectivity index (χ4n) is 3.15. The first-order valence-electron chi connectivity index (χ1n) is 7.80. The molecule has 124 valence electrons. The van der Waals surface area contributed by atoms with Crippen molar-refractivity contribution in [3.05, 3.63) is 34.4 Å². The SMILES string of the molecule is CCN(CC)C1CCCCC1Oc1ccc([N+](=O)[O-])cc1.Cl. The van der Waals surface area contributed by atoms with Crippen LogP contribution >= 0.6 is 12.4 Å². The van der Waals surface area contributed by atoms with Gasteiger partial charge >= 0.3 is 0 Å². The molecule has 0 aromatic heterocycles. The van der Waals surface area contributed by atoms with Crippen LogP contribution in [0.25, 0.3) is 0 Å². The highest BCUT2D eigenvalue weighted by Gasteiger charge is 2.30. The average Bonchev–Trinajstić information content (AvgIpc) is 2.50. The minimum atomic E-state index is -0.386. The van der Waals surface area contributed by atoms with Crippen molar-refractivity contribution in [3.63, 3.8) is 0 Å². The van der Waals surface area contributed by atoms with Crippen LogP contribution in [-0.2, 0) is 0 Å². The Labute approximate surface area is 138 Å². The predicted octanol–water partition coefficient (Wildman–Crippen LogP) is 4.05. The Morgan fingerprint density at radius 1 is 1.18 bits per heavy atom. The maximum atomic E-state index is 10.7.